The van der Waals surface area contributed by atoms with Crippen LogP contribution < -0.4 is 10.6 Å². The van der Waals surface area contributed by atoms with Gasteiger partial charge in [0.2, 0.25) is 0 Å². The summed E-state index contributed by atoms with van der Waals surface area (Å²) in [7, 11) is 1.95. The van der Waals surface area contributed by atoms with Gasteiger partial charge in [0.25, 0.3) is 0 Å². The minimum absolute atomic E-state index is 0.0399. The summed E-state index contributed by atoms with van der Waals surface area (Å²) in [6.07, 6.45) is 4.86. The molecular weight excluding hydrogens is 294 g/mol. The summed E-state index contributed by atoms with van der Waals surface area (Å²) in [5.74, 6) is 0. The maximum atomic E-state index is 12.1. The Morgan fingerprint density at radius 3 is 2.74 bits per heavy atom. The van der Waals surface area contributed by atoms with Crippen molar-refractivity contribution in [3.63, 3.8) is 0 Å². The number of rotatable bonds is 7. The second kappa shape index (κ2) is 7.75. The molecule has 2 aromatic heterocycles. The Balaban J connectivity index is 1.89. The van der Waals surface area contributed by atoms with Gasteiger partial charge >= 0.3 is 6.03 Å². The highest BCUT2D eigenvalue weighted by Crippen LogP contribution is 2.15. The maximum Gasteiger partial charge on any atom is 0.315 e. The molecule has 0 aliphatic rings. The summed E-state index contributed by atoms with van der Waals surface area (Å²) in [6.45, 7) is 7.18. The molecule has 0 saturated carbocycles. The molecule has 2 rings (SSSR count). The molecule has 0 saturated heterocycles. The van der Waals surface area contributed by atoms with Crippen molar-refractivity contribution in [3.8, 4) is 0 Å². The van der Waals surface area contributed by atoms with Crippen molar-refractivity contribution < 1.29 is 4.79 Å². The molecule has 0 radical (unpaired) electrons. The van der Waals surface area contributed by atoms with Crippen LogP contribution in [-0.4, -0.2) is 36.6 Å². The SMILES string of the molecule is CCc1nn(C)c(CC)c1CNC(=O)N[C@@H](C)Cn1cncn1. The molecule has 126 valence electrons. The number of aryl methyl sites for hydroxylation is 2. The van der Waals surface area contributed by atoms with Crippen LogP contribution in [-0.2, 0) is 33.0 Å². The van der Waals surface area contributed by atoms with Gasteiger partial charge in [0.1, 0.15) is 12.7 Å². The number of urea groups is 1. The van der Waals surface area contributed by atoms with Crippen molar-refractivity contribution in [2.75, 3.05) is 0 Å². The average molecular weight is 319 g/mol. The van der Waals surface area contributed by atoms with Crippen LogP contribution in [0.25, 0.3) is 0 Å². The Morgan fingerprint density at radius 2 is 2.13 bits per heavy atom. The third-order valence-electron chi connectivity index (χ3n) is 3.76. The minimum Gasteiger partial charge on any atom is -0.334 e. The lowest BCUT2D eigenvalue weighted by Crippen LogP contribution is -2.42. The van der Waals surface area contributed by atoms with Crippen molar-refractivity contribution in [3.05, 3.63) is 29.6 Å². The average Bonchev–Trinajstić information content (AvgIpc) is 3.11. The Morgan fingerprint density at radius 1 is 1.35 bits per heavy atom. The van der Waals surface area contributed by atoms with E-state index in [4.69, 9.17) is 0 Å². The quantitative estimate of drug-likeness (QED) is 0.797. The van der Waals surface area contributed by atoms with Crippen LogP contribution in [0.3, 0.4) is 0 Å². The molecule has 0 aromatic carbocycles. The van der Waals surface area contributed by atoms with E-state index in [2.05, 4.69) is 39.7 Å². The van der Waals surface area contributed by atoms with Crippen LogP contribution in [0.15, 0.2) is 12.7 Å². The van der Waals surface area contributed by atoms with Gasteiger partial charge in [0.05, 0.1) is 12.2 Å². The van der Waals surface area contributed by atoms with Gasteiger partial charge < -0.3 is 10.6 Å². The number of amides is 2. The zero-order chi connectivity index (χ0) is 16.8. The first-order valence-corrected chi connectivity index (χ1v) is 7.95. The number of hydrogen-bond acceptors (Lipinski definition) is 4. The summed E-state index contributed by atoms with van der Waals surface area (Å²) in [5, 5.41) is 14.4. The van der Waals surface area contributed by atoms with E-state index in [-0.39, 0.29) is 12.1 Å². The van der Waals surface area contributed by atoms with Crippen LogP contribution in [0, 0.1) is 0 Å². The van der Waals surface area contributed by atoms with E-state index in [9.17, 15) is 4.79 Å². The second-order valence-corrected chi connectivity index (χ2v) is 5.55. The van der Waals surface area contributed by atoms with Crippen LogP contribution in [0.2, 0.25) is 0 Å². The van der Waals surface area contributed by atoms with Crippen molar-refractivity contribution in [2.24, 2.45) is 7.05 Å². The summed E-state index contributed by atoms with van der Waals surface area (Å²) in [6, 6.07) is -0.229. The van der Waals surface area contributed by atoms with Gasteiger partial charge in [-0.2, -0.15) is 10.2 Å². The molecular formula is C15H25N7O. The van der Waals surface area contributed by atoms with Gasteiger partial charge in [0.15, 0.2) is 0 Å². The molecule has 0 spiro atoms. The van der Waals surface area contributed by atoms with E-state index >= 15 is 0 Å². The molecule has 23 heavy (non-hydrogen) atoms. The highest BCUT2D eigenvalue weighted by atomic mass is 16.2. The molecule has 2 N–H and O–H groups in total. The number of carbonyl (C=O) groups excluding carboxylic acids is 1. The largest absolute Gasteiger partial charge is 0.334 e. The number of nitrogens with zero attached hydrogens (tertiary/aromatic N) is 5. The van der Waals surface area contributed by atoms with E-state index in [1.54, 1.807) is 11.0 Å². The molecule has 2 aromatic rings. The molecule has 0 unspecified atom stereocenters. The van der Waals surface area contributed by atoms with E-state index in [0.29, 0.717) is 13.1 Å². The Labute approximate surface area is 136 Å². The van der Waals surface area contributed by atoms with Crippen molar-refractivity contribution in [2.45, 2.75) is 52.7 Å². The van der Waals surface area contributed by atoms with Crippen LogP contribution in [0.4, 0.5) is 4.79 Å². The Bertz CT molecular complexity index is 633. The Hall–Kier alpha value is -2.38. The van der Waals surface area contributed by atoms with Gasteiger partial charge in [-0.1, -0.05) is 13.8 Å². The summed E-state index contributed by atoms with van der Waals surface area (Å²) >= 11 is 0. The lowest BCUT2D eigenvalue weighted by Gasteiger charge is -2.15. The molecule has 0 bridgehead atoms. The van der Waals surface area contributed by atoms with Crippen LogP contribution in [0.1, 0.15) is 37.7 Å². The topological polar surface area (TPSA) is 89.7 Å². The number of hydrogen-bond donors (Lipinski definition) is 2. The third-order valence-corrected chi connectivity index (χ3v) is 3.76. The fourth-order valence-electron chi connectivity index (χ4n) is 2.69. The summed E-state index contributed by atoms with van der Waals surface area (Å²) < 4.78 is 3.59. The first-order valence-electron chi connectivity index (χ1n) is 7.95. The smallest absolute Gasteiger partial charge is 0.315 e. The van der Waals surface area contributed by atoms with Crippen molar-refractivity contribution in [1.29, 1.82) is 0 Å². The Kier molecular flexibility index (Phi) is 5.72. The first kappa shape index (κ1) is 17.0. The lowest BCUT2D eigenvalue weighted by molar-refractivity contribution is 0.235. The first-order chi connectivity index (χ1) is 11.0. The molecule has 2 amide bonds. The molecule has 8 heteroatoms. The van der Waals surface area contributed by atoms with Gasteiger partial charge in [-0.3, -0.25) is 9.36 Å². The third kappa shape index (κ3) is 4.30. The van der Waals surface area contributed by atoms with E-state index < -0.39 is 0 Å². The number of nitrogens with one attached hydrogen (secondary N) is 2. The standard InChI is InChI=1S/C15H25N7O/c1-5-13-12(14(6-2)21(4)20-13)7-17-15(23)19-11(3)8-22-10-16-9-18-22/h9-11H,5-8H2,1-4H3,(H2,17,19,23)/t11-/m0/s1. The van der Waals surface area contributed by atoms with E-state index in [1.807, 2.05) is 18.7 Å². The second-order valence-electron chi connectivity index (χ2n) is 5.55. The van der Waals surface area contributed by atoms with Gasteiger partial charge in [-0.15, -0.1) is 0 Å². The fourth-order valence-corrected chi connectivity index (χ4v) is 2.69. The van der Waals surface area contributed by atoms with Crippen molar-refractivity contribution >= 4 is 6.03 Å². The number of aromatic nitrogens is 5. The maximum absolute atomic E-state index is 12.1. The monoisotopic (exact) mass is 319 g/mol. The van der Waals surface area contributed by atoms with E-state index in [0.717, 1.165) is 29.8 Å². The summed E-state index contributed by atoms with van der Waals surface area (Å²) in [4.78, 5) is 16.0. The van der Waals surface area contributed by atoms with Gasteiger partial charge in [0, 0.05) is 30.9 Å². The summed E-state index contributed by atoms with van der Waals surface area (Å²) in [5.41, 5.74) is 3.33. The van der Waals surface area contributed by atoms with E-state index in [1.165, 1.54) is 6.33 Å². The molecule has 2 heterocycles. The highest BCUT2D eigenvalue weighted by Gasteiger charge is 2.15. The molecule has 0 aliphatic carbocycles. The zero-order valence-electron chi connectivity index (χ0n) is 14.2. The fraction of sp³-hybridized carbons (Fsp3) is 0.600. The van der Waals surface area contributed by atoms with Crippen molar-refractivity contribution in [1.82, 2.24) is 35.2 Å². The zero-order valence-corrected chi connectivity index (χ0v) is 14.2. The predicted molar refractivity (Wildman–Crippen MR) is 86.8 cm³/mol. The highest BCUT2D eigenvalue weighted by molar-refractivity contribution is 5.74. The molecule has 1 atom stereocenters. The van der Waals surface area contributed by atoms with Gasteiger partial charge in [-0.05, 0) is 19.8 Å². The molecule has 0 aliphatic heterocycles. The number of carbonyl (C=O) groups is 1. The van der Waals surface area contributed by atoms with Gasteiger partial charge in [-0.25, -0.2) is 9.78 Å². The minimum atomic E-state index is -0.189. The van der Waals surface area contributed by atoms with Crippen LogP contribution in [0.5, 0.6) is 0 Å². The predicted octanol–water partition coefficient (Wildman–Crippen LogP) is 1.02. The normalized spacial score (nSPS) is 12.2. The lowest BCUT2D eigenvalue weighted by atomic mass is 10.1. The molecule has 8 nitrogen and oxygen atoms in total. The van der Waals surface area contributed by atoms with Crippen LogP contribution >= 0.6 is 0 Å². The molecule has 0 fully saturated rings.